The van der Waals surface area contributed by atoms with Crippen molar-refractivity contribution in [3.63, 3.8) is 0 Å². The monoisotopic (exact) mass is 347 g/mol. The summed E-state index contributed by atoms with van der Waals surface area (Å²) in [5.41, 5.74) is 0. The van der Waals surface area contributed by atoms with E-state index in [1.54, 1.807) is 0 Å². The highest BCUT2D eigenvalue weighted by Crippen LogP contribution is 2.17. The lowest BCUT2D eigenvalue weighted by Crippen LogP contribution is -2.49. The fraction of sp³-hybridized carbons (Fsp3) is 0.800. The van der Waals surface area contributed by atoms with Crippen LogP contribution in [0.5, 0.6) is 0 Å². The maximum atomic E-state index is 11.8. The highest BCUT2D eigenvalue weighted by atomic mass is 35.5. The second kappa shape index (κ2) is 9.72. The van der Waals surface area contributed by atoms with E-state index in [1.807, 2.05) is 4.90 Å². The quantitative estimate of drug-likeness (QED) is 0.713. The van der Waals surface area contributed by atoms with Gasteiger partial charge in [-0.3, -0.25) is 19.8 Å². The van der Waals surface area contributed by atoms with Crippen LogP contribution >= 0.6 is 12.4 Å². The summed E-state index contributed by atoms with van der Waals surface area (Å²) < 4.78 is 0. The molecule has 1 saturated carbocycles. The minimum Gasteiger partial charge on any atom is -0.481 e. The molecular weight excluding hydrogens is 322 g/mol. The molecule has 2 aliphatic rings. The predicted octanol–water partition coefficient (Wildman–Crippen LogP) is 1.36. The molecule has 1 aliphatic heterocycles. The van der Waals surface area contributed by atoms with Crippen LogP contribution in [0.4, 0.5) is 4.79 Å². The third-order valence-electron chi connectivity index (χ3n) is 4.50. The second-order valence-electron chi connectivity index (χ2n) is 6.25. The van der Waals surface area contributed by atoms with Crippen molar-refractivity contribution in [3.05, 3.63) is 0 Å². The smallest absolute Gasteiger partial charge is 0.321 e. The molecule has 0 bridgehead atoms. The van der Waals surface area contributed by atoms with Crippen molar-refractivity contribution >= 4 is 30.3 Å². The topological polar surface area (TPSA) is 98.7 Å². The van der Waals surface area contributed by atoms with Crippen LogP contribution < -0.4 is 10.6 Å². The highest BCUT2D eigenvalue weighted by Gasteiger charge is 2.26. The molecule has 1 aliphatic carbocycles. The van der Waals surface area contributed by atoms with E-state index >= 15 is 0 Å². The number of halogens is 1. The first-order chi connectivity index (χ1) is 10.5. The molecule has 0 aromatic rings. The molecule has 3 amide bonds. The third kappa shape index (κ3) is 6.74. The van der Waals surface area contributed by atoms with Gasteiger partial charge in [0, 0.05) is 6.04 Å². The average Bonchev–Trinajstić information content (AvgIpc) is 2.48. The van der Waals surface area contributed by atoms with Gasteiger partial charge in [-0.2, -0.15) is 0 Å². The normalized spacial score (nSPS) is 20.3. The van der Waals surface area contributed by atoms with E-state index in [9.17, 15) is 14.4 Å². The molecule has 8 heteroatoms. The SMILES string of the molecule is Cl.O=C(CN1CCC(C(=O)O)CC1)NC(=O)NC1CCCCC1. The van der Waals surface area contributed by atoms with Gasteiger partial charge in [0.15, 0.2) is 0 Å². The average molecular weight is 348 g/mol. The summed E-state index contributed by atoms with van der Waals surface area (Å²) in [6.07, 6.45) is 6.52. The Bertz CT molecular complexity index is 419. The first-order valence-electron chi connectivity index (χ1n) is 8.10. The van der Waals surface area contributed by atoms with Crippen LogP contribution in [0.3, 0.4) is 0 Å². The standard InChI is InChI=1S/C15H25N3O4.ClH/c19-13(10-18-8-6-11(7-9-18)14(20)21)17-15(22)16-12-4-2-1-3-5-12;/h11-12H,1-10H2,(H,20,21)(H2,16,17,19,22);1H. The summed E-state index contributed by atoms with van der Waals surface area (Å²) in [4.78, 5) is 36.4. The number of amides is 3. The maximum Gasteiger partial charge on any atom is 0.321 e. The van der Waals surface area contributed by atoms with Gasteiger partial charge in [-0.1, -0.05) is 19.3 Å². The van der Waals surface area contributed by atoms with Crippen molar-refractivity contribution in [2.45, 2.75) is 51.0 Å². The van der Waals surface area contributed by atoms with Gasteiger partial charge in [-0.05, 0) is 38.8 Å². The lowest BCUT2D eigenvalue weighted by Gasteiger charge is -2.29. The third-order valence-corrected chi connectivity index (χ3v) is 4.50. The summed E-state index contributed by atoms with van der Waals surface area (Å²) >= 11 is 0. The number of urea groups is 1. The van der Waals surface area contributed by atoms with E-state index < -0.39 is 12.0 Å². The zero-order valence-electron chi connectivity index (χ0n) is 13.3. The van der Waals surface area contributed by atoms with Gasteiger partial charge in [0.1, 0.15) is 0 Å². The van der Waals surface area contributed by atoms with Crippen LogP contribution in [-0.4, -0.2) is 53.6 Å². The van der Waals surface area contributed by atoms with Crippen molar-refractivity contribution in [2.75, 3.05) is 19.6 Å². The van der Waals surface area contributed by atoms with Gasteiger partial charge in [0.2, 0.25) is 5.91 Å². The van der Waals surface area contributed by atoms with Crippen molar-refractivity contribution in [1.82, 2.24) is 15.5 Å². The Morgan fingerprint density at radius 3 is 2.17 bits per heavy atom. The molecule has 7 nitrogen and oxygen atoms in total. The summed E-state index contributed by atoms with van der Waals surface area (Å²) in [7, 11) is 0. The molecule has 23 heavy (non-hydrogen) atoms. The number of nitrogens with zero attached hydrogens (tertiary/aromatic N) is 1. The number of imide groups is 1. The summed E-state index contributed by atoms with van der Waals surface area (Å²) in [6.45, 7) is 1.30. The van der Waals surface area contributed by atoms with Crippen LogP contribution in [0.1, 0.15) is 44.9 Å². The van der Waals surface area contributed by atoms with E-state index in [-0.39, 0.29) is 36.8 Å². The van der Waals surface area contributed by atoms with E-state index in [1.165, 1.54) is 6.42 Å². The van der Waals surface area contributed by atoms with Gasteiger partial charge in [0.05, 0.1) is 12.5 Å². The molecule has 0 aromatic heterocycles. The van der Waals surface area contributed by atoms with E-state index in [0.717, 1.165) is 25.7 Å². The lowest BCUT2D eigenvalue weighted by atomic mass is 9.96. The molecule has 0 unspecified atom stereocenters. The molecule has 0 radical (unpaired) electrons. The zero-order chi connectivity index (χ0) is 15.9. The number of carbonyl (C=O) groups is 3. The number of carboxylic acid groups (broad SMARTS) is 1. The molecule has 2 rings (SSSR count). The lowest BCUT2D eigenvalue weighted by molar-refractivity contribution is -0.143. The van der Waals surface area contributed by atoms with Crippen LogP contribution in [0.25, 0.3) is 0 Å². The molecule has 3 N–H and O–H groups in total. The Balaban J connectivity index is 0.00000264. The fourth-order valence-corrected chi connectivity index (χ4v) is 3.18. The van der Waals surface area contributed by atoms with Crippen LogP contribution in [0.2, 0.25) is 0 Å². The highest BCUT2D eigenvalue weighted by molar-refractivity contribution is 5.95. The number of aliphatic carboxylic acids is 1. The number of likely N-dealkylation sites (tertiary alicyclic amines) is 1. The Kier molecular flexibility index (Phi) is 8.33. The second-order valence-corrected chi connectivity index (χ2v) is 6.25. The van der Waals surface area contributed by atoms with Crippen LogP contribution in [-0.2, 0) is 9.59 Å². The number of rotatable bonds is 4. The Hall–Kier alpha value is -1.34. The minimum absolute atomic E-state index is 0. The van der Waals surface area contributed by atoms with Crippen molar-refractivity contribution < 1.29 is 19.5 Å². The molecule has 132 valence electrons. The van der Waals surface area contributed by atoms with Crippen molar-refractivity contribution in [1.29, 1.82) is 0 Å². The predicted molar refractivity (Wildman–Crippen MR) is 87.6 cm³/mol. The van der Waals surface area contributed by atoms with Crippen LogP contribution in [0, 0.1) is 5.92 Å². The summed E-state index contributed by atoms with van der Waals surface area (Å²) in [5, 5.41) is 14.1. The number of carbonyl (C=O) groups excluding carboxylic acids is 2. The molecule has 0 spiro atoms. The van der Waals surface area contributed by atoms with Crippen molar-refractivity contribution in [2.24, 2.45) is 5.92 Å². The van der Waals surface area contributed by atoms with Gasteiger partial charge in [-0.25, -0.2) is 4.79 Å². The molecule has 1 heterocycles. The zero-order valence-corrected chi connectivity index (χ0v) is 14.1. The summed E-state index contributed by atoms with van der Waals surface area (Å²) in [6, 6.07) is -0.245. The first kappa shape index (κ1) is 19.7. The number of hydrogen-bond donors (Lipinski definition) is 3. The Labute approximate surface area is 142 Å². The van der Waals surface area contributed by atoms with E-state index in [4.69, 9.17) is 5.11 Å². The number of piperidine rings is 1. The number of nitrogens with one attached hydrogen (secondary N) is 2. The largest absolute Gasteiger partial charge is 0.481 e. The summed E-state index contributed by atoms with van der Waals surface area (Å²) in [5.74, 6) is -1.41. The Morgan fingerprint density at radius 1 is 1.00 bits per heavy atom. The van der Waals surface area contributed by atoms with Crippen molar-refractivity contribution in [3.8, 4) is 0 Å². The molecule has 0 atom stereocenters. The van der Waals surface area contributed by atoms with Gasteiger partial charge in [-0.15, -0.1) is 12.4 Å². The number of carboxylic acids is 1. The molecule has 1 saturated heterocycles. The molecular formula is C15H26ClN3O4. The Morgan fingerprint density at radius 2 is 1.61 bits per heavy atom. The first-order valence-corrected chi connectivity index (χ1v) is 8.10. The maximum absolute atomic E-state index is 11.8. The van der Waals surface area contributed by atoms with Gasteiger partial charge >= 0.3 is 12.0 Å². The van der Waals surface area contributed by atoms with E-state index in [2.05, 4.69) is 10.6 Å². The van der Waals surface area contributed by atoms with Gasteiger partial charge in [0.25, 0.3) is 0 Å². The van der Waals surface area contributed by atoms with Crippen LogP contribution in [0.15, 0.2) is 0 Å². The molecule has 2 fully saturated rings. The minimum atomic E-state index is -0.768. The molecule has 0 aromatic carbocycles. The fourth-order valence-electron chi connectivity index (χ4n) is 3.18. The van der Waals surface area contributed by atoms with Gasteiger partial charge < -0.3 is 10.4 Å². The van der Waals surface area contributed by atoms with E-state index in [0.29, 0.717) is 25.9 Å². The number of hydrogen-bond acceptors (Lipinski definition) is 4.